The van der Waals surface area contributed by atoms with Crippen LogP contribution in [0.3, 0.4) is 0 Å². The Morgan fingerprint density at radius 3 is 2.39 bits per heavy atom. The maximum atomic E-state index is 13.0. The van der Waals surface area contributed by atoms with Crippen molar-refractivity contribution in [3.8, 4) is 5.75 Å². The molecule has 4 rings (SSSR count). The third-order valence-electron chi connectivity index (χ3n) is 5.30. The average Bonchev–Trinajstić information content (AvgIpc) is 3.42. The molecular formula is C24H20N2O7. The lowest BCUT2D eigenvalue weighted by Gasteiger charge is -2.24. The van der Waals surface area contributed by atoms with Gasteiger partial charge < -0.3 is 19.2 Å². The molecule has 0 saturated carbocycles. The molecule has 0 spiro atoms. The molecule has 9 nitrogen and oxygen atoms in total. The number of nitro benzene ring substituents is 1. The van der Waals surface area contributed by atoms with Crippen LogP contribution in [-0.2, 0) is 16.1 Å². The number of ketones is 1. The predicted molar refractivity (Wildman–Crippen MR) is 117 cm³/mol. The first-order valence-electron chi connectivity index (χ1n) is 10.2. The summed E-state index contributed by atoms with van der Waals surface area (Å²) in [4.78, 5) is 37.7. The highest BCUT2D eigenvalue weighted by molar-refractivity contribution is 6.46. The molecule has 1 atom stereocenters. The van der Waals surface area contributed by atoms with Gasteiger partial charge in [0.15, 0.2) is 0 Å². The van der Waals surface area contributed by atoms with Crippen molar-refractivity contribution < 1.29 is 28.8 Å². The van der Waals surface area contributed by atoms with Crippen molar-refractivity contribution in [1.29, 1.82) is 0 Å². The average molecular weight is 448 g/mol. The lowest BCUT2D eigenvalue weighted by Crippen LogP contribution is -2.29. The number of aliphatic hydroxyl groups is 1. The Morgan fingerprint density at radius 1 is 1.12 bits per heavy atom. The molecule has 9 heteroatoms. The van der Waals surface area contributed by atoms with Gasteiger partial charge in [-0.3, -0.25) is 19.7 Å². The first-order valence-corrected chi connectivity index (χ1v) is 10.2. The second-order valence-corrected chi connectivity index (χ2v) is 7.31. The van der Waals surface area contributed by atoms with E-state index in [0.717, 1.165) is 0 Å². The summed E-state index contributed by atoms with van der Waals surface area (Å²) in [6.07, 6.45) is 1.47. The molecule has 1 saturated heterocycles. The minimum atomic E-state index is -0.888. The van der Waals surface area contributed by atoms with E-state index in [-0.39, 0.29) is 23.4 Å². The molecule has 0 aliphatic carbocycles. The minimum Gasteiger partial charge on any atom is -0.507 e. The second kappa shape index (κ2) is 8.99. The fraction of sp³-hybridized carbons (Fsp3) is 0.167. The molecule has 1 aliphatic heterocycles. The number of nitrogens with zero attached hydrogens (tertiary/aromatic N) is 2. The fourth-order valence-electron chi connectivity index (χ4n) is 3.77. The van der Waals surface area contributed by atoms with Crippen LogP contribution in [0, 0.1) is 10.1 Å². The number of carbonyl (C=O) groups is 2. The normalized spacial score (nSPS) is 17.4. The number of amides is 1. The molecule has 1 fully saturated rings. The number of likely N-dealkylation sites (tertiary alicyclic amines) is 1. The number of Topliss-reactive ketones (excluding diaryl/α,β-unsaturated/α-hetero) is 1. The number of hydrogen-bond donors (Lipinski definition) is 1. The van der Waals surface area contributed by atoms with Crippen LogP contribution in [0.15, 0.2) is 76.9 Å². The van der Waals surface area contributed by atoms with Gasteiger partial charge in [-0.05, 0) is 48.9 Å². The summed E-state index contributed by atoms with van der Waals surface area (Å²) in [6.45, 7) is 2.36. The van der Waals surface area contributed by atoms with Crippen molar-refractivity contribution in [1.82, 2.24) is 4.90 Å². The molecule has 168 valence electrons. The van der Waals surface area contributed by atoms with Crippen LogP contribution < -0.4 is 4.74 Å². The Balaban J connectivity index is 1.81. The van der Waals surface area contributed by atoms with Gasteiger partial charge in [-0.1, -0.05) is 12.1 Å². The van der Waals surface area contributed by atoms with E-state index in [9.17, 15) is 24.8 Å². The van der Waals surface area contributed by atoms with Crippen LogP contribution in [0.2, 0.25) is 0 Å². The van der Waals surface area contributed by atoms with E-state index in [0.29, 0.717) is 23.7 Å². The van der Waals surface area contributed by atoms with Gasteiger partial charge in [0.25, 0.3) is 17.4 Å². The molecule has 2 heterocycles. The number of benzene rings is 2. The Bertz CT molecular complexity index is 1210. The Morgan fingerprint density at radius 2 is 1.82 bits per heavy atom. The Labute approximate surface area is 188 Å². The standard InChI is InChI=1S/C24H20N2O7/c1-2-32-18-11-7-15(8-12-18)21-20(22(27)16-5-9-17(10-6-16)26(30)31)23(28)24(29)25(21)14-19-4-3-13-33-19/h3-13,21,27H,2,14H2,1H3/b22-20-. The highest BCUT2D eigenvalue weighted by atomic mass is 16.6. The van der Waals surface area contributed by atoms with Crippen molar-refractivity contribution in [2.45, 2.75) is 19.5 Å². The van der Waals surface area contributed by atoms with Gasteiger partial charge in [0.05, 0.1) is 36.0 Å². The summed E-state index contributed by atoms with van der Waals surface area (Å²) >= 11 is 0. The molecule has 2 aromatic carbocycles. The van der Waals surface area contributed by atoms with Crippen molar-refractivity contribution in [3.63, 3.8) is 0 Å². The maximum absolute atomic E-state index is 13.0. The number of furan rings is 1. The van der Waals surface area contributed by atoms with Gasteiger partial charge in [-0.2, -0.15) is 0 Å². The molecule has 1 amide bonds. The lowest BCUT2D eigenvalue weighted by atomic mass is 9.95. The van der Waals surface area contributed by atoms with E-state index in [4.69, 9.17) is 9.15 Å². The molecule has 1 N–H and O–H groups in total. The van der Waals surface area contributed by atoms with Gasteiger partial charge in [-0.25, -0.2) is 0 Å². The Kier molecular flexibility index (Phi) is 5.95. The summed E-state index contributed by atoms with van der Waals surface area (Å²) in [5, 5.41) is 22.0. The number of ether oxygens (including phenoxy) is 1. The number of rotatable bonds is 7. The van der Waals surface area contributed by atoms with Gasteiger partial charge >= 0.3 is 0 Å². The van der Waals surface area contributed by atoms with E-state index in [2.05, 4.69) is 0 Å². The van der Waals surface area contributed by atoms with E-state index in [1.165, 1.54) is 35.4 Å². The smallest absolute Gasteiger partial charge is 0.296 e. The van der Waals surface area contributed by atoms with Crippen molar-refractivity contribution in [2.75, 3.05) is 6.61 Å². The molecular weight excluding hydrogens is 428 g/mol. The van der Waals surface area contributed by atoms with Gasteiger partial charge in [0.1, 0.15) is 17.3 Å². The van der Waals surface area contributed by atoms with Crippen LogP contribution in [0.5, 0.6) is 5.75 Å². The number of nitro groups is 1. The van der Waals surface area contributed by atoms with Crippen molar-refractivity contribution in [3.05, 3.63) is 99.5 Å². The van der Waals surface area contributed by atoms with Crippen LogP contribution in [0.1, 0.15) is 29.9 Å². The summed E-state index contributed by atoms with van der Waals surface area (Å²) in [6, 6.07) is 14.5. The second-order valence-electron chi connectivity index (χ2n) is 7.31. The van der Waals surface area contributed by atoms with Gasteiger partial charge in [0.2, 0.25) is 0 Å². The monoisotopic (exact) mass is 448 g/mol. The quantitative estimate of drug-likeness (QED) is 0.189. The molecule has 1 aliphatic rings. The third kappa shape index (κ3) is 4.20. The van der Waals surface area contributed by atoms with Crippen LogP contribution >= 0.6 is 0 Å². The third-order valence-corrected chi connectivity index (χ3v) is 5.30. The first kappa shape index (κ1) is 21.8. The van der Waals surface area contributed by atoms with E-state index in [1.54, 1.807) is 36.4 Å². The largest absolute Gasteiger partial charge is 0.507 e. The summed E-state index contributed by atoms with van der Waals surface area (Å²) < 4.78 is 10.8. The van der Waals surface area contributed by atoms with Crippen molar-refractivity contribution >= 4 is 23.1 Å². The number of non-ortho nitro benzene ring substituents is 1. The zero-order valence-corrected chi connectivity index (χ0v) is 17.6. The van der Waals surface area contributed by atoms with E-state index < -0.39 is 28.4 Å². The molecule has 3 aromatic rings. The lowest BCUT2D eigenvalue weighted by molar-refractivity contribution is -0.384. The zero-order valence-electron chi connectivity index (χ0n) is 17.6. The SMILES string of the molecule is CCOc1ccc(C2/C(=C(/O)c3ccc([N+](=O)[O-])cc3)C(=O)C(=O)N2Cc2ccco2)cc1. The molecule has 0 bridgehead atoms. The van der Waals surface area contributed by atoms with Crippen LogP contribution in [0.4, 0.5) is 5.69 Å². The van der Waals surface area contributed by atoms with Crippen molar-refractivity contribution in [2.24, 2.45) is 0 Å². The van der Waals surface area contributed by atoms with Gasteiger partial charge in [0, 0.05) is 17.7 Å². The molecule has 1 aromatic heterocycles. The fourth-order valence-corrected chi connectivity index (χ4v) is 3.77. The zero-order chi connectivity index (χ0) is 23.5. The number of aliphatic hydroxyl groups excluding tert-OH is 1. The molecule has 33 heavy (non-hydrogen) atoms. The summed E-state index contributed by atoms with van der Waals surface area (Å²) in [5.74, 6) is -0.947. The topological polar surface area (TPSA) is 123 Å². The van der Waals surface area contributed by atoms with Gasteiger partial charge in [-0.15, -0.1) is 0 Å². The summed E-state index contributed by atoms with van der Waals surface area (Å²) in [7, 11) is 0. The highest BCUT2D eigenvalue weighted by Gasteiger charge is 2.46. The number of hydrogen-bond acceptors (Lipinski definition) is 7. The first-order chi connectivity index (χ1) is 15.9. The summed E-state index contributed by atoms with van der Waals surface area (Å²) in [5.41, 5.74) is 0.512. The van der Waals surface area contributed by atoms with E-state index in [1.807, 2.05) is 6.92 Å². The number of carbonyl (C=O) groups excluding carboxylic acids is 2. The highest BCUT2D eigenvalue weighted by Crippen LogP contribution is 2.40. The predicted octanol–water partition coefficient (Wildman–Crippen LogP) is 4.21. The van der Waals surface area contributed by atoms with Crippen LogP contribution in [-0.4, -0.2) is 33.2 Å². The Hall–Kier alpha value is -4.40. The maximum Gasteiger partial charge on any atom is 0.296 e. The molecule has 1 unspecified atom stereocenters. The van der Waals surface area contributed by atoms with E-state index >= 15 is 0 Å². The van der Waals surface area contributed by atoms with Crippen LogP contribution in [0.25, 0.3) is 5.76 Å². The molecule has 0 radical (unpaired) electrons. The minimum absolute atomic E-state index is 0.0203.